The van der Waals surface area contributed by atoms with Gasteiger partial charge in [-0.3, -0.25) is 9.69 Å². The van der Waals surface area contributed by atoms with E-state index in [1.807, 2.05) is 20.8 Å². The highest BCUT2D eigenvalue weighted by Gasteiger charge is 2.26. The molecule has 0 N–H and O–H groups in total. The third kappa shape index (κ3) is 5.17. The van der Waals surface area contributed by atoms with Crippen molar-refractivity contribution < 1.29 is 9.53 Å². The number of ether oxygens (including phenoxy) is 1. The van der Waals surface area contributed by atoms with Crippen LogP contribution in [0.25, 0.3) is 0 Å². The molecule has 0 amide bonds. The zero-order valence-corrected chi connectivity index (χ0v) is 11.8. The van der Waals surface area contributed by atoms with Gasteiger partial charge in [-0.05, 0) is 25.8 Å². The van der Waals surface area contributed by atoms with E-state index in [0.29, 0.717) is 18.4 Å². The Balaban J connectivity index is 2.37. The normalized spacial score (nSPS) is 22.7. The summed E-state index contributed by atoms with van der Waals surface area (Å²) >= 11 is 0. The van der Waals surface area contributed by atoms with Gasteiger partial charge in [-0.1, -0.05) is 27.7 Å². The lowest BCUT2D eigenvalue weighted by atomic mass is 9.90. The average molecular weight is 241 g/mol. The molecule has 0 spiro atoms. The Bertz CT molecular complexity index is 245. The van der Waals surface area contributed by atoms with Gasteiger partial charge in [0.15, 0.2) is 5.78 Å². The van der Waals surface area contributed by atoms with Gasteiger partial charge in [-0.15, -0.1) is 0 Å². The van der Waals surface area contributed by atoms with Gasteiger partial charge in [0.25, 0.3) is 0 Å². The first kappa shape index (κ1) is 14.7. The minimum atomic E-state index is -0.225. The molecule has 0 radical (unpaired) electrons. The van der Waals surface area contributed by atoms with Crippen molar-refractivity contribution in [2.75, 3.05) is 26.2 Å². The molecule has 1 rings (SSSR count). The second-order valence-electron chi connectivity index (χ2n) is 6.04. The lowest BCUT2D eigenvalue weighted by molar-refractivity contribution is -0.128. The SMILES string of the molecule is CCCOC1CCCN(CC(=O)C(C)(C)C)C1. The van der Waals surface area contributed by atoms with E-state index >= 15 is 0 Å². The molecule has 0 aromatic heterocycles. The molecule has 1 fully saturated rings. The molecule has 0 aromatic rings. The van der Waals surface area contributed by atoms with Crippen molar-refractivity contribution in [2.24, 2.45) is 5.41 Å². The molecule has 0 saturated carbocycles. The van der Waals surface area contributed by atoms with Gasteiger partial charge in [-0.25, -0.2) is 0 Å². The molecule has 1 unspecified atom stereocenters. The molecule has 1 aliphatic heterocycles. The highest BCUT2D eigenvalue weighted by Crippen LogP contribution is 2.18. The lowest BCUT2D eigenvalue weighted by Crippen LogP contribution is -2.44. The predicted molar refractivity (Wildman–Crippen MR) is 70.2 cm³/mol. The number of Topliss-reactive ketones (excluding diaryl/α,β-unsaturated/α-hetero) is 1. The standard InChI is InChI=1S/C14H27NO2/c1-5-9-17-12-7-6-8-15(10-12)11-13(16)14(2,3)4/h12H,5-11H2,1-4H3. The van der Waals surface area contributed by atoms with Crippen molar-refractivity contribution in [2.45, 2.75) is 53.1 Å². The van der Waals surface area contributed by atoms with E-state index in [2.05, 4.69) is 11.8 Å². The zero-order valence-electron chi connectivity index (χ0n) is 11.8. The number of ketones is 1. The van der Waals surface area contributed by atoms with E-state index in [1.54, 1.807) is 0 Å². The second-order valence-corrected chi connectivity index (χ2v) is 6.04. The Morgan fingerprint density at radius 2 is 2.12 bits per heavy atom. The molecule has 1 saturated heterocycles. The maximum Gasteiger partial charge on any atom is 0.152 e. The fourth-order valence-electron chi connectivity index (χ4n) is 2.02. The first-order chi connectivity index (χ1) is 7.93. The Labute approximate surface area is 106 Å². The highest BCUT2D eigenvalue weighted by molar-refractivity contribution is 5.85. The number of hydrogen-bond donors (Lipinski definition) is 0. The summed E-state index contributed by atoms with van der Waals surface area (Å²) in [6.07, 6.45) is 3.68. The number of hydrogen-bond acceptors (Lipinski definition) is 3. The summed E-state index contributed by atoms with van der Waals surface area (Å²) in [5.41, 5.74) is -0.225. The molecule has 1 heterocycles. The number of rotatable bonds is 5. The van der Waals surface area contributed by atoms with Crippen LogP contribution in [0, 0.1) is 5.41 Å². The van der Waals surface area contributed by atoms with Gasteiger partial charge >= 0.3 is 0 Å². The Kier molecular flexibility index (Phi) is 5.60. The topological polar surface area (TPSA) is 29.5 Å². The first-order valence-electron chi connectivity index (χ1n) is 6.80. The van der Waals surface area contributed by atoms with Crippen molar-refractivity contribution in [3.05, 3.63) is 0 Å². The van der Waals surface area contributed by atoms with Crippen LogP contribution in [0.4, 0.5) is 0 Å². The minimum Gasteiger partial charge on any atom is -0.377 e. The Morgan fingerprint density at radius 1 is 1.41 bits per heavy atom. The smallest absolute Gasteiger partial charge is 0.152 e. The van der Waals surface area contributed by atoms with E-state index in [-0.39, 0.29) is 5.41 Å². The Morgan fingerprint density at radius 3 is 2.71 bits per heavy atom. The van der Waals surface area contributed by atoms with Crippen molar-refractivity contribution >= 4 is 5.78 Å². The average Bonchev–Trinajstić information content (AvgIpc) is 2.25. The number of likely N-dealkylation sites (tertiary alicyclic amines) is 1. The number of piperidine rings is 1. The number of nitrogens with zero attached hydrogens (tertiary/aromatic N) is 1. The quantitative estimate of drug-likeness (QED) is 0.740. The van der Waals surface area contributed by atoms with Crippen LogP contribution < -0.4 is 0 Å². The largest absolute Gasteiger partial charge is 0.377 e. The summed E-state index contributed by atoms with van der Waals surface area (Å²) in [4.78, 5) is 14.2. The van der Waals surface area contributed by atoms with Crippen LogP contribution >= 0.6 is 0 Å². The van der Waals surface area contributed by atoms with E-state index in [9.17, 15) is 4.79 Å². The first-order valence-corrected chi connectivity index (χ1v) is 6.80. The van der Waals surface area contributed by atoms with E-state index in [1.165, 1.54) is 0 Å². The van der Waals surface area contributed by atoms with Crippen LogP contribution in [0.15, 0.2) is 0 Å². The highest BCUT2D eigenvalue weighted by atomic mass is 16.5. The van der Waals surface area contributed by atoms with Gasteiger partial charge in [0, 0.05) is 18.6 Å². The van der Waals surface area contributed by atoms with Crippen molar-refractivity contribution in [3.63, 3.8) is 0 Å². The van der Waals surface area contributed by atoms with Crippen LogP contribution in [0.2, 0.25) is 0 Å². The third-order valence-corrected chi connectivity index (χ3v) is 3.22. The molecular formula is C14H27NO2. The van der Waals surface area contributed by atoms with Gasteiger partial charge in [0.2, 0.25) is 0 Å². The fourth-order valence-corrected chi connectivity index (χ4v) is 2.02. The summed E-state index contributed by atoms with van der Waals surface area (Å²) in [6.45, 7) is 11.5. The van der Waals surface area contributed by atoms with Crippen molar-refractivity contribution in [1.29, 1.82) is 0 Å². The van der Waals surface area contributed by atoms with Crippen molar-refractivity contribution in [1.82, 2.24) is 4.90 Å². The van der Waals surface area contributed by atoms with Gasteiger partial charge in [0.05, 0.1) is 12.6 Å². The zero-order chi connectivity index (χ0) is 12.9. The second kappa shape index (κ2) is 6.50. The molecular weight excluding hydrogens is 214 g/mol. The summed E-state index contributed by atoms with van der Waals surface area (Å²) in [6, 6.07) is 0. The molecule has 0 bridgehead atoms. The van der Waals surface area contributed by atoms with E-state index in [4.69, 9.17) is 4.74 Å². The summed E-state index contributed by atoms with van der Waals surface area (Å²) in [7, 11) is 0. The maximum atomic E-state index is 12.0. The molecule has 100 valence electrons. The molecule has 17 heavy (non-hydrogen) atoms. The fraction of sp³-hybridized carbons (Fsp3) is 0.929. The van der Waals surface area contributed by atoms with Crippen molar-refractivity contribution in [3.8, 4) is 0 Å². The minimum absolute atomic E-state index is 0.225. The molecule has 0 aromatic carbocycles. The monoisotopic (exact) mass is 241 g/mol. The van der Waals surface area contributed by atoms with Gasteiger partial charge < -0.3 is 4.74 Å². The molecule has 3 nitrogen and oxygen atoms in total. The van der Waals surface area contributed by atoms with Gasteiger partial charge in [-0.2, -0.15) is 0 Å². The van der Waals surface area contributed by atoms with Crippen LogP contribution in [0.1, 0.15) is 47.0 Å². The van der Waals surface area contributed by atoms with E-state index < -0.39 is 0 Å². The molecule has 1 atom stereocenters. The third-order valence-electron chi connectivity index (χ3n) is 3.22. The lowest BCUT2D eigenvalue weighted by Gasteiger charge is -2.33. The maximum absolute atomic E-state index is 12.0. The van der Waals surface area contributed by atoms with Crippen LogP contribution in [0.5, 0.6) is 0 Å². The Hall–Kier alpha value is -0.410. The molecule has 3 heteroatoms. The van der Waals surface area contributed by atoms with Gasteiger partial charge in [0.1, 0.15) is 0 Å². The van der Waals surface area contributed by atoms with Crippen LogP contribution in [-0.2, 0) is 9.53 Å². The van der Waals surface area contributed by atoms with E-state index in [0.717, 1.165) is 39.0 Å². The number of carbonyl (C=O) groups excluding carboxylic acids is 1. The number of carbonyl (C=O) groups is 1. The molecule has 1 aliphatic rings. The predicted octanol–water partition coefficient (Wildman–Crippen LogP) is 2.49. The summed E-state index contributed by atoms with van der Waals surface area (Å²) < 4.78 is 5.78. The molecule has 0 aliphatic carbocycles. The van der Waals surface area contributed by atoms with Crippen LogP contribution in [-0.4, -0.2) is 43.0 Å². The van der Waals surface area contributed by atoms with Crippen LogP contribution in [0.3, 0.4) is 0 Å². The summed E-state index contributed by atoms with van der Waals surface area (Å²) in [5.74, 6) is 0.327. The summed E-state index contributed by atoms with van der Waals surface area (Å²) in [5, 5.41) is 0.